The molecule has 1 saturated carbocycles. The zero-order chi connectivity index (χ0) is 13.1. The summed E-state index contributed by atoms with van der Waals surface area (Å²) in [5, 5.41) is 0. The Bertz CT molecular complexity index is 449. The molecule has 2 rings (SSSR count). The van der Waals surface area contributed by atoms with Crippen molar-refractivity contribution in [2.75, 3.05) is 12.4 Å². The molecule has 1 aromatic rings. The van der Waals surface area contributed by atoms with Gasteiger partial charge >= 0.3 is 0 Å². The second kappa shape index (κ2) is 5.65. The molecule has 0 saturated heterocycles. The number of halogens is 3. The third-order valence-electron chi connectivity index (χ3n) is 3.26. The van der Waals surface area contributed by atoms with Gasteiger partial charge in [-0.1, -0.05) is 0 Å². The Morgan fingerprint density at radius 1 is 1.39 bits per heavy atom. The maximum atomic E-state index is 13.6. The molecule has 1 aliphatic rings. The highest BCUT2D eigenvalue weighted by Crippen LogP contribution is 2.26. The van der Waals surface area contributed by atoms with E-state index in [0.717, 1.165) is 31.4 Å². The number of carbonyl (C=O) groups excluding carboxylic acids is 1. The van der Waals surface area contributed by atoms with Gasteiger partial charge in [-0.25, -0.2) is 8.78 Å². The van der Waals surface area contributed by atoms with Crippen LogP contribution in [0.4, 0.5) is 8.78 Å². The molecule has 1 aliphatic carbocycles. The molecule has 0 aliphatic heterocycles. The average molecular weight is 274 g/mol. The minimum atomic E-state index is -0.820. The van der Waals surface area contributed by atoms with Gasteiger partial charge in [0, 0.05) is 24.5 Å². The van der Waals surface area contributed by atoms with Crippen molar-refractivity contribution in [3.8, 4) is 0 Å². The summed E-state index contributed by atoms with van der Waals surface area (Å²) in [6, 6.07) is 3.15. The van der Waals surface area contributed by atoms with Gasteiger partial charge in [0.15, 0.2) is 0 Å². The van der Waals surface area contributed by atoms with Gasteiger partial charge in [0.05, 0.1) is 5.56 Å². The van der Waals surface area contributed by atoms with Gasteiger partial charge in [-0.05, 0) is 31.4 Å². The molecule has 1 fully saturated rings. The summed E-state index contributed by atoms with van der Waals surface area (Å²) in [5.74, 6) is -1.60. The minimum absolute atomic E-state index is 0.0894. The van der Waals surface area contributed by atoms with Crippen LogP contribution in [0.5, 0.6) is 0 Å². The lowest BCUT2D eigenvalue weighted by Gasteiger charge is -2.37. The van der Waals surface area contributed by atoms with E-state index in [-0.39, 0.29) is 11.6 Å². The van der Waals surface area contributed by atoms with E-state index in [4.69, 9.17) is 11.6 Å². The van der Waals surface area contributed by atoms with Crippen LogP contribution < -0.4 is 0 Å². The maximum absolute atomic E-state index is 13.6. The van der Waals surface area contributed by atoms with Gasteiger partial charge in [0.1, 0.15) is 11.6 Å². The van der Waals surface area contributed by atoms with E-state index in [1.54, 1.807) is 4.90 Å². The fraction of sp³-hybridized carbons (Fsp3) is 0.462. The summed E-state index contributed by atoms with van der Waals surface area (Å²) in [6.07, 6.45) is 2.92. The number of amides is 1. The molecule has 0 spiro atoms. The van der Waals surface area contributed by atoms with Crippen molar-refractivity contribution in [1.82, 2.24) is 4.90 Å². The summed E-state index contributed by atoms with van der Waals surface area (Å²) in [6.45, 7) is 0.391. The third kappa shape index (κ3) is 2.64. The molecule has 5 heteroatoms. The molecule has 2 nitrogen and oxygen atoms in total. The van der Waals surface area contributed by atoms with Crippen molar-refractivity contribution in [3.05, 3.63) is 35.4 Å². The Hall–Kier alpha value is -1.16. The molecule has 1 amide bonds. The number of rotatable bonds is 4. The lowest BCUT2D eigenvalue weighted by atomic mass is 9.91. The maximum Gasteiger partial charge on any atom is 0.257 e. The highest BCUT2D eigenvalue weighted by atomic mass is 35.5. The van der Waals surface area contributed by atoms with Gasteiger partial charge in [-0.15, -0.1) is 11.6 Å². The number of hydrogen-bond acceptors (Lipinski definition) is 1. The SMILES string of the molecule is O=C(c1ccc(F)cc1F)N(CCCl)C1CCC1. The van der Waals surface area contributed by atoms with Crippen molar-refractivity contribution in [2.45, 2.75) is 25.3 Å². The lowest BCUT2D eigenvalue weighted by molar-refractivity contribution is 0.0593. The third-order valence-corrected chi connectivity index (χ3v) is 3.43. The predicted molar refractivity (Wildman–Crippen MR) is 65.8 cm³/mol. The molecule has 0 bridgehead atoms. The second-order valence-electron chi connectivity index (χ2n) is 4.40. The highest BCUT2D eigenvalue weighted by molar-refractivity contribution is 6.18. The van der Waals surface area contributed by atoms with Crippen LogP contribution in [0.2, 0.25) is 0 Å². The molecule has 0 N–H and O–H groups in total. The molecular formula is C13H14ClF2NO. The van der Waals surface area contributed by atoms with Crippen LogP contribution in [0.25, 0.3) is 0 Å². The van der Waals surface area contributed by atoms with E-state index in [9.17, 15) is 13.6 Å². The smallest absolute Gasteiger partial charge is 0.257 e. The lowest BCUT2D eigenvalue weighted by Crippen LogP contribution is -2.45. The van der Waals surface area contributed by atoms with Gasteiger partial charge < -0.3 is 4.90 Å². The Morgan fingerprint density at radius 2 is 2.11 bits per heavy atom. The van der Waals surface area contributed by atoms with Crippen LogP contribution in [0.1, 0.15) is 29.6 Å². The van der Waals surface area contributed by atoms with E-state index >= 15 is 0 Å². The Morgan fingerprint density at radius 3 is 2.61 bits per heavy atom. The summed E-state index contributed by atoms with van der Waals surface area (Å²) in [7, 11) is 0. The summed E-state index contributed by atoms with van der Waals surface area (Å²) < 4.78 is 26.4. The fourth-order valence-electron chi connectivity index (χ4n) is 2.06. The summed E-state index contributed by atoms with van der Waals surface area (Å²) in [5.41, 5.74) is -0.0894. The molecule has 0 heterocycles. The van der Waals surface area contributed by atoms with E-state index in [1.807, 2.05) is 0 Å². The molecule has 98 valence electrons. The Labute approximate surface area is 110 Å². The van der Waals surface area contributed by atoms with Crippen molar-refractivity contribution in [3.63, 3.8) is 0 Å². The first-order chi connectivity index (χ1) is 8.63. The van der Waals surface area contributed by atoms with Crippen molar-refractivity contribution in [2.24, 2.45) is 0 Å². The standard InChI is InChI=1S/C13H14ClF2NO/c14-6-7-17(10-2-1-3-10)13(18)11-5-4-9(15)8-12(11)16/h4-5,8,10H,1-3,6-7H2. The molecule has 0 unspecified atom stereocenters. The average Bonchev–Trinajstić information content (AvgIpc) is 2.25. The van der Waals surface area contributed by atoms with Crippen LogP contribution in [-0.4, -0.2) is 29.3 Å². The van der Waals surface area contributed by atoms with Gasteiger partial charge in [-0.2, -0.15) is 0 Å². The van der Waals surface area contributed by atoms with E-state index in [0.29, 0.717) is 12.4 Å². The fourth-order valence-corrected chi connectivity index (χ4v) is 2.24. The first kappa shape index (κ1) is 13.3. The van der Waals surface area contributed by atoms with Crippen LogP contribution in [0.3, 0.4) is 0 Å². The number of alkyl halides is 1. The molecular weight excluding hydrogens is 260 g/mol. The molecule has 18 heavy (non-hydrogen) atoms. The summed E-state index contributed by atoms with van der Waals surface area (Å²) >= 11 is 5.67. The molecule has 1 aromatic carbocycles. The van der Waals surface area contributed by atoms with E-state index in [1.165, 1.54) is 6.07 Å². The Kier molecular flexibility index (Phi) is 4.17. The largest absolute Gasteiger partial charge is 0.334 e. The van der Waals surface area contributed by atoms with Gasteiger partial charge in [-0.3, -0.25) is 4.79 Å². The summed E-state index contributed by atoms with van der Waals surface area (Å²) in [4.78, 5) is 13.8. The van der Waals surface area contributed by atoms with Crippen LogP contribution in [0, 0.1) is 11.6 Å². The molecule has 0 aromatic heterocycles. The van der Waals surface area contributed by atoms with Gasteiger partial charge in [0.2, 0.25) is 0 Å². The topological polar surface area (TPSA) is 20.3 Å². The highest BCUT2D eigenvalue weighted by Gasteiger charge is 2.30. The zero-order valence-corrected chi connectivity index (χ0v) is 10.6. The predicted octanol–water partition coefficient (Wildman–Crippen LogP) is 3.20. The number of hydrogen-bond donors (Lipinski definition) is 0. The molecule has 0 atom stereocenters. The van der Waals surface area contributed by atoms with Gasteiger partial charge in [0.25, 0.3) is 5.91 Å². The first-order valence-electron chi connectivity index (χ1n) is 5.95. The van der Waals surface area contributed by atoms with E-state index < -0.39 is 17.5 Å². The first-order valence-corrected chi connectivity index (χ1v) is 6.49. The van der Waals surface area contributed by atoms with Crippen molar-refractivity contribution >= 4 is 17.5 Å². The van der Waals surface area contributed by atoms with Crippen molar-refractivity contribution < 1.29 is 13.6 Å². The monoisotopic (exact) mass is 273 g/mol. The second-order valence-corrected chi connectivity index (χ2v) is 4.77. The quantitative estimate of drug-likeness (QED) is 0.772. The van der Waals surface area contributed by atoms with Crippen molar-refractivity contribution in [1.29, 1.82) is 0 Å². The molecule has 0 radical (unpaired) electrons. The van der Waals surface area contributed by atoms with Crippen LogP contribution in [-0.2, 0) is 0 Å². The number of carbonyl (C=O) groups is 1. The van der Waals surface area contributed by atoms with E-state index in [2.05, 4.69) is 0 Å². The zero-order valence-electron chi connectivity index (χ0n) is 9.83. The Balaban J connectivity index is 2.21. The van der Waals surface area contributed by atoms with Crippen LogP contribution in [0.15, 0.2) is 18.2 Å². The number of nitrogens with zero attached hydrogens (tertiary/aromatic N) is 1. The normalized spacial score (nSPS) is 15.3. The number of benzene rings is 1. The minimum Gasteiger partial charge on any atom is -0.334 e. The van der Waals surface area contributed by atoms with Crippen LogP contribution >= 0.6 is 11.6 Å².